The first-order valence-corrected chi connectivity index (χ1v) is 8.90. The molecule has 4 nitrogen and oxygen atoms in total. The predicted octanol–water partition coefficient (Wildman–Crippen LogP) is 3.17. The lowest BCUT2D eigenvalue weighted by Gasteiger charge is -2.34. The molecule has 0 bridgehead atoms. The van der Waals surface area contributed by atoms with Gasteiger partial charge in [-0.1, -0.05) is 24.3 Å². The van der Waals surface area contributed by atoms with E-state index in [4.69, 9.17) is 4.74 Å². The number of nitrogens with zero attached hydrogens (tertiary/aromatic N) is 1. The van der Waals surface area contributed by atoms with Crippen molar-refractivity contribution in [2.75, 3.05) is 32.8 Å². The number of hydrogen-bond donors (Lipinski definition) is 1. The highest BCUT2D eigenvalue weighted by molar-refractivity contribution is 5.91. The monoisotopic (exact) mass is 372 g/mol. The van der Waals surface area contributed by atoms with E-state index >= 15 is 0 Å². The number of carbonyl (C=O) groups excluding carboxylic acids is 1. The van der Waals surface area contributed by atoms with Gasteiger partial charge in [0.1, 0.15) is 11.6 Å². The third-order valence-corrected chi connectivity index (χ3v) is 4.49. The van der Waals surface area contributed by atoms with Gasteiger partial charge in [0.25, 0.3) is 0 Å². The van der Waals surface area contributed by atoms with E-state index in [2.05, 4.69) is 10.2 Å². The Labute approximate surface area is 157 Å². The first-order chi connectivity index (χ1) is 13.1. The van der Waals surface area contributed by atoms with Crippen LogP contribution in [0.15, 0.2) is 54.6 Å². The molecule has 0 aliphatic carbocycles. The van der Waals surface area contributed by atoms with Crippen molar-refractivity contribution in [1.29, 1.82) is 0 Å². The van der Waals surface area contributed by atoms with E-state index in [0.717, 1.165) is 24.2 Å². The summed E-state index contributed by atoms with van der Waals surface area (Å²) in [6.07, 6.45) is 3.04. The molecular weight excluding hydrogens is 350 g/mol. The zero-order valence-electron chi connectivity index (χ0n) is 14.9. The van der Waals surface area contributed by atoms with Gasteiger partial charge in [0.05, 0.1) is 19.3 Å². The molecule has 1 aliphatic rings. The second kappa shape index (κ2) is 9.39. The molecule has 3 rings (SSSR count). The molecule has 0 aromatic heterocycles. The molecule has 0 spiro atoms. The first kappa shape index (κ1) is 19.2. The summed E-state index contributed by atoms with van der Waals surface area (Å²) in [6, 6.07) is 12.2. The molecule has 0 radical (unpaired) electrons. The fourth-order valence-electron chi connectivity index (χ4n) is 3.06. The molecule has 2 aromatic carbocycles. The Morgan fingerprint density at radius 3 is 2.56 bits per heavy atom. The molecule has 1 unspecified atom stereocenters. The smallest absolute Gasteiger partial charge is 0.244 e. The fraction of sp³-hybridized carbons (Fsp3) is 0.286. The van der Waals surface area contributed by atoms with Crippen molar-refractivity contribution in [2.45, 2.75) is 6.04 Å². The van der Waals surface area contributed by atoms with E-state index < -0.39 is 0 Å². The van der Waals surface area contributed by atoms with Crippen LogP contribution in [0.2, 0.25) is 0 Å². The van der Waals surface area contributed by atoms with E-state index in [1.165, 1.54) is 30.3 Å². The van der Waals surface area contributed by atoms with Crippen molar-refractivity contribution < 1.29 is 18.3 Å². The van der Waals surface area contributed by atoms with Gasteiger partial charge in [-0.15, -0.1) is 0 Å². The average molecular weight is 372 g/mol. The van der Waals surface area contributed by atoms with Crippen LogP contribution in [-0.2, 0) is 9.53 Å². The van der Waals surface area contributed by atoms with Gasteiger partial charge >= 0.3 is 0 Å². The maximum Gasteiger partial charge on any atom is 0.244 e. The number of carbonyl (C=O) groups is 1. The quantitative estimate of drug-likeness (QED) is 0.792. The molecule has 0 saturated carbocycles. The summed E-state index contributed by atoms with van der Waals surface area (Å²) in [5.74, 6) is -0.873. The molecule has 1 heterocycles. The number of hydrogen-bond acceptors (Lipinski definition) is 3. The van der Waals surface area contributed by atoms with Crippen LogP contribution in [0, 0.1) is 11.6 Å². The van der Waals surface area contributed by atoms with E-state index in [0.29, 0.717) is 19.8 Å². The zero-order valence-corrected chi connectivity index (χ0v) is 14.9. The minimum atomic E-state index is -0.319. The van der Waals surface area contributed by atoms with Crippen LogP contribution in [0.1, 0.15) is 17.2 Å². The molecule has 1 amide bonds. The maximum atomic E-state index is 13.7. The minimum Gasteiger partial charge on any atom is -0.379 e. The number of benzene rings is 2. The molecule has 6 heteroatoms. The van der Waals surface area contributed by atoms with Crippen molar-refractivity contribution in [1.82, 2.24) is 10.2 Å². The predicted molar refractivity (Wildman–Crippen MR) is 100.0 cm³/mol. The maximum absolute atomic E-state index is 13.7. The second-order valence-corrected chi connectivity index (χ2v) is 6.35. The molecule has 1 atom stereocenters. The normalized spacial score (nSPS) is 16.4. The van der Waals surface area contributed by atoms with E-state index in [-0.39, 0.29) is 23.6 Å². The van der Waals surface area contributed by atoms with Crippen LogP contribution in [0.25, 0.3) is 6.08 Å². The van der Waals surface area contributed by atoms with Crippen molar-refractivity contribution in [3.63, 3.8) is 0 Å². The van der Waals surface area contributed by atoms with Gasteiger partial charge in [-0.25, -0.2) is 8.78 Å². The van der Waals surface area contributed by atoms with Crippen molar-refractivity contribution in [2.24, 2.45) is 0 Å². The van der Waals surface area contributed by atoms with Gasteiger partial charge in [0, 0.05) is 25.7 Å². The molecular formula is C21H22F2N2O2. The highest BCUT2D eigenvalue weighted by atomic mass is 19.1. The van der Waals surface area contributed by atoms with Gasteiger partial charge in [0.2, 0.25) is 5.91 Å². The third-order valence-electron chi connectivity index (χ3n) is 4.49. The Balaban J connectivity index is 1.64. The van der Waals surface area contributed by atoms with E-state index in [9.17, 15) is 13.6 Å². The van der Waals surface area contributed by atoms with Gasteiger partial charge in [-0.05, 0) is 41.5 Å². The summed E-state index contributed by atoms with van der Waals surface area (Å²) in [5.41, 5.74) is 1.56. The fourth-order valence-corrected chi connectivity index (χ4v) is 3.06. The molecule has 1 aliphatic heterocycles. The SMILES string of the molecule is O=C(/C=C/c1ccc(F)cc1)NCC(c1cccc(F)c1)N1CCOCC1. The number of halogens is 2. The molecule has 27 heavy (non-hydrogen) atoms. The Kier molecular flexibility index (Phi) is 6.68. The standard InChI is InChI=1S/C21H22F2N2O2/c22-18-7-4-16(5-8-18)6-9-21(26)24-15-20(25-10-12-27-13-11-25)17-2-1-3-19(23)14-17/h1-9,14,20H,10-13,15H2,(H,24,26)/b9-6+. The Morgan fingerprint density at radius 2 is 1.85 bits per heavy atom. The van der Waals surface area contributed by atoms with E-state index in [1.807, 2.05) is 6.07 Å². The van der Waals surface area contributed by atoms with Gasteiger partial charge in [-0.3, -0.25) is 9.69 Å². The minimum absolute atomic E-state index is 0.132. The van der Waals surface area contributed by atoms with Gasteiger partial charge < -0.3 is 10.1 Å². The number of rotatable bonds is 6. The summed E-state index contributed by atoms with van der Waals surface area (Å²) in [5, 5.41) is 2.87. The molecule has 2 aromatic rings. The Bertz CT molecular complexity index is 787. The third kappa shape index (κ3) is 5.70. The number of morpholine rings is 1. The molecule has 1 saturated heterocycles. The summed E-state index contributed by atoms with van der Waals surface area (Å²) < 4.78 is 32.0. The lowest BCUT2D eigenvalue weighted by atomic mass is 10.0. The summed E-state index contributed by atoms with van der Waals surface area (Å²) in [4.78, 5) is 14.4. The molecule has 1 N–H and O–H groups in total. The average Bonchev–Trinajstić information content (AvgIpc) is 2.69. The zero-order chi connectivity index (χ0) is 19.1. The summed E-state index contributed by atoms with van der Waals surface area (Å²) in [7, 11) is 0. The number of nitrogens with one attached hydrogen (secondary N) is 1. The van der Waals surface area contributed by atoms with Crippen LogP contribution >= 0.6 is 0 Å². The molecule has 142 valence electrons. The van der Waals surface area contributed by atoms with Crippen LogP contribution in [0.4, 0.5) is 8.78 Å². The highest BCUT2D eigenvalue weighted by Gasteiger charge is 2.23. The Morgan fingerprint density at radius 1 is 1.11 bits per heavy atom. The van der Waals surface area contributed by atoms with Crippen molar-refractivity contribution in [3.8, 4) is 0 Å². The summed E-state index contributed by atoms with van der Waals surface area (Å²) >= 11 is 0. The van der Waals surface area contributed by atoms with Gasteiger partial charge in [0.15, 0.2) is 0 Å². The molecule has 1 fully saturated rings. The van der Waals surface area contributed by atoms with Crippen LogP contribution < -0.4 is 5.32 Å². The number of ether oxygens (including phenoxy) is 1. The van der Waals surface area contributed by atoms with Crippen LogP contribution in [-0.4, -0.2) is 43.7 Å². The Hall–Kier alpha value is -2.57. The van der Waals surface area contributed by atoms with Gasteiger partial charge in [-0.2, -0.15) is 0 Å². The van der Waals surface area contributed by atoms with Crippen molar-refractivity contribution in [3.05, 3.63) is 77.4 Å². The van der Waals surface area contributed by atoms with E-state index in [1.54, 1.807) is 24.3 Å². The van der Waals surface area contributed by atoms with Crippen molar-refractivity contribution >= 4 is 12.0 Å². The highest BCUT2D eigenvalue weighted by Crippen LogP contribution is 2.22. The number of amides is 1. The topological polar surface area (TPSA) is 41.6 Å². The summed E-state index contributed by atoms with van der Waals surface area (Å²) in [6.45, 7) is 3.04. The largest absolute Gasteiger partial charge is 0.379 e. The first-order valence-electron chi connectivity index (χ1n) is 8.90. The van der Waals surface area contributed by atoms with Crippen LogP contribution in [0.5, 0.6) is 0 Å². The van der Waals surface area contributed by atoms with Crippen LogP contribution in [0.3, 0.4) is 0 Å². The lowest BCUT2D eigenvalue weighted by Crippen LogP contribution is -2.43. The lowest BCUT2D eigenvalue weighted by molar-refractivity contribution is -0.116. The second-order valence-electron chi connectivity index (χ2n) is 6.35.